The summed E-state index contributed by atoms with van der Waals surface area (Å²) >= 11 is 0. The number of anilines is 2. The van der Waals surface area contributed by atoms with Crippen molar-refractivity contribution in [2.75, 3.05) is 11.4 Å². The smallest absolute Gasteiger partial charge is 0.145 e. The predicted molar refractivity (Wildman–Crippen MR) is 253 cm³/mol. The second-order valence-electron chi connectivity index (χ2n) is 17.2. The van der Waals surface area contributed by atoms with Crippen molar-refractivity contribution in [3.05, 3.63) is 251 Å². The van der Waals surface area contributed by atoms with Crippen LogP contribution >= 0.6 is 0 Å². The Morgan fingerprint density at radius 2 is 0.855 bits per heavy atom. The minimum absolute atomic E-state index is 0.471. The second kappa shape index (κ2) is 12.2. The molecule has 0 amide bonds. The van der Waals surface area contributed by atoms with Gasteiger partial charge in [-0.3, -0.25) is 4.57 Å². The first-order valence-corrected chi connectivity index (χ1v) is 21.9. The maximum Gasteiger partial charge on any atom is 0.145 e. The van der Waals surface area contributed by atoms with E-state index in [1.54, 1.807) is 0 Å². The number of fused-ring (bicyclic) bond motifs is 18. The van der Waals surface area contributed by atoms with E-state index in [2.05, 4.69) is 223 Å². The van der Waals surface area contributed by atoms with Crippen LogP contribution in [0.25, 0.3) is 61.5 Å². The highest BCUT2D eigenvalue weighted by atomic mass is 15.2. The molecule has 0 atom stereocenters. The first kappa shape index (κ1) is 34.0. The van der Waals surface area contributed by atoms with Gasteiger partial charge in [-0.2, -0.15) is 0 Å². The molecule has 3 nitrogen and oxygen atoms in total. The molecule has 3 aliphatic carbocycles. The second-order valence-corrected chi connectivity index (χ2v) is 17.2. The summed E-state index contributed by atoms with van der Waals surface area (Å²) in [7, 11) is 0. The molecule has 1 aromatic heterocycles. The Morgan fingerprint density at radius 1 is 0.387 bits per heavy atom. The van der Waals surface area contributed by atoms with Crippen molar-refractivity contribution in [1.29, 1.82) is 0 Å². The van der Waals surface area contributed by atoms with Crippen LogP contribution in [-0.4, -0.2) is 16.1 Å². The monoisotopic (exact) mass is 789 g/mol. The fourth-order valence-corrected chi connectivity index (χ4v) is 12.4. The molecule has 0 saturated carbocycles. The van der Waals surface area contributed by atoms with E-state index in [-0.39, 0.29) is 0 Å². The van der Waals surface area contributed by atoms with Gasteiger partial charge in [0, 0.05) is 17.7 Å². The average Bonchev–Trinajstić information content (AvgIpc) is 3.98. The van der Waals surface area contributed by atoms with Crippen molar-refractivity contribution < 1.29 is 0 Å². The Kier molecular flexibility index (Phi) is 6.68. The minimum Gasteiger partial charge on any atom is -0.338 e. The van der Waals surface area contributed by atoms with Crippen molar-refractivity contribution in [1.82, 2.24) is 9.55 Å². The Balaban J connectivity index is 1.07. The van der Waals surface area contributed by atoms with E-state index < -0.39 is 10.8 Å². The first-order chi connectivity index (χ1) is 30.7. The van der Waals surface area contributed by atoms with Gasteiger partial charge in [0.1, 0.15) is 5.82 Å². The molecule has 0 N–H and O–H groups in total. The summed E-state index contributed by atoms with van der Waals surface area (Å²) in [4.78, 5) is 7.79. The third kappa shape index (κ3) is 3.96. The molecule has 0 unspecified atom stereocenters. The third-order valence-electron chi connectivity index (χ3n) is 14.6. The van der Waals surface area contributed by atoms with Crippen molar-refractivity contribution in [3.8, 4) is 50.5 Å². The molecular formula is C59H39N3. The van der Waals surface area contributed by atoms with Gasteiger partial charge in [-0.05, 0) is 104 Å². The van der Waals surface area contributed by atoms with Crippen LogP contribution in [0.15, 0.2) is 206 Å². The Labute approximate surface area is 360 Å². The highest BCUT2D eigenvalue weighted by molar-refractivity contribution is 6.04. The number of aromatic nitrogens is 2. The molecule has 0 saturated heterocycles. The van der Waals surface area contributed by atoms with Crippen molar-refractivity contribution in [2.24, 2.45) is 0 Å². The molecule has 2 heterocycles. The van der Waals surface area contributed by atoms with E-state index in [4.69, 9.17) is 4.98 Å². The molecule has 0 radical (unpaired) electrons. The number of rotatable bonds is 3. The fourth-order valence-electron chi connectivity index (χ4n) is 12.4. The normalized spacial score (nSPS) is 14.8. The maximum atomic E-state index is 5.29. The van der Waals surface area contributed by atoms with Crippen LogP contribution in [0.3, 0.4) is 0 Å². The van der Waals surface area contributed by atoms with Gasteiger partial charge in [-0.25, -0.2) is 4.98 Å². The molecule has 0 bridgehead atoms. The van der Waals surface area contributed by atoms with Gasteiger partial charge in [-0.1, -0.05) is 182 Å². The molecule has 14 rings (SSSR count). The van der Waals surface area contributed by atoms with E-state index >= 15 is 0 Å². The lowest BCUT2D eigenvalue weighted by Gasteiger charge is -2.48. The maximum absolute atomic E-state index is 5.29. The third-order valence-corrected chi connectivity index (χ3v) is 14.6. The summed E-state index contributed by atoms with van der Waals surface area (Å²) in [6.07, 6.45) is 0. The Bertz CT molecular complexity index is 3440. The lowest BCUT2D eigenvalue weighted by Crippen LogP contribution is -2.43. The Hall–Kier alpha value is -7.75. The zero-order chi connectivity index (χ0) is 40.7. The summed E-state index contributed by atoms with van der Waals surface area (Å²) in [5.74, 6) is 0.963. The molecular weight excluding hydrogens is 751 g/mol. The van der Waals surface area contributed by atoms with Crippen LogP contribution in [0.1, 0.15) is 51.4 Å². The molecule has 290 valence electrons. The molecule has 1 aliphatic heterocycles. The summed E-state index contributed by atoms with van der Waals surface area (Å²) in [6, 6.07) is 77.5. The zero-order valence-corrected chi connectivity index (χ0v) is 34.2. The highest BCUT2D eigenvalue weighted by Crippen LogP contribution is 2.67. The van der Waals surface area contributed by atoms with E-state index in [1.165, 1.54) is 89.3 Å². The van der Waals surface area contributed by atoms with E-state index in [0.29, 0.717) is 0 Å². The van der Waals surface area contributed by atoms with Crippen LogP contribution in [0.2, 0.25) is 0 Å². The number of hydrogen-bond acceptors (Lipinski definition) is 2. The largest absolute Gasteiger partial charge is 0.338 e. The van der Waals surface area contributed by atoms with Crippen LogP contribution < -0.4 is 4.90 Å². The molecule has 4 aliphatic rings. The molecule has 2 spiro atoms. The van der Waals surface area contributed by atoms with Crippen LogP contribution in [0.4, 0.5) is 11.4 Å². The van der Waals surface area contributed by atoms with Crippen molar-refractivity contribution >= 4 is 22.4 Å². The van der Waals surface area contributed by atoms with Crippen molar-refractivity contribution in [2.45, 2.75) is 17.8 Å². The summed E-state index contributed by atoms with van der Waals surface area (Å²) in [6.45, 7) is 3.09. The minimum atomic E-state index is -0.560. The Morgan fingerprint density at radius 3 is 1.44 bits per heavy atom. The SMILES string of the molecule is CCN1c2c(-c3ccc4c(c3)C3(c5ccccc5-4)c4ccccc4C4(c5ccccc5-c5ccccc54)c4ccccc43)cccc2-n2c(-c3ccccc3)nc3cccc1c32. The van der Waals surface area contributed by atoms with Gasteiger partial charge in [0.15, 0.2) is 0 Å². The number of nitrogens with zero attached hydrogens (tertiary/aromatic N) is 3. The van der Waals surface area contributed by atoms with E-state index in [9.17, 15) is 0 Å². The molecule has 10 aromatic rings. The van der Waals surface area contributed by atoms with E-state index in [1.807, 2.05) is 0 Å². The van der Waals surface area contributed by atoms with Crippen LogP contribution in [0.5, 0.6) is 0 Å². The number of benzene rings is 9. The number of para-hydroxylation sites is 2. The highest BCUT2D eigenvalue weighted by Gasteiger charge is 2.58. The fraction of sp³-hybridized carbons (Fsp3) is 0.0678. The van der Waals surface area contributed by atoms with Gasteiger partial charge < -0.3 is 4.90 Å². The summed E-state index contributed by atoms with van der Waals surface area (Å²) in [5, 5.41) is 0. The first-order valence-electron chi connectivity index (χ1n) is 21.9. The number of imidazole rings is 1. The summed E-state index contributed by atoms with van der Waals surface area (Å²) in [5.41, 5.74) is 24.2. The summed E-state index contributed by atoms with van der Waals surface area (Å²) < 4.78 is 2.40. The quantitative estimate of drug-likeness (QED) is 0.178. The zero-order valence-electron chi connectivity index (χ0n) is 34.2. The molecule has 9 aromatic carbocycles. The van der Waals surface area contributed by atoms with Gasteiger partial charge in [0.2, 0.25) is 0 Å². The number of hydrogen-bond donors (Lipinski definition) is 0. The topological polar surface area (TPSA) is 21.1 Å². The lowest BCUT2D eigenvalue weighted by atomic mass is 9.52. The van der Waals surface area contributed by atoms with Crippen LogP contribution in [-0.2, 0) is 10.8 Å². The van der Waals surface area contributed by atoms with Gasteiger partial charge >= 0.3 is 0 Å². The van der Waals surface area contributed by atoms with Crippen LogP contribution in [0, 0.1) is 0 Å². The predicted octanol–water partition coefficient (Wildman–Crippen LogP) is 13.9. The van der Waals surface area contributed by atoms with E-state index in [0.717, 1.165) is 34.7 Å². The average molecular weight is 790 g/mol. The van der Waals surface area contributed by atoms with Gasteiger partial charge in [0.25, 0.3) is 0 Å². The lowest BCUT2D eigenvalue weighted by molar-refractivity contribution is 0.633. The van der Waals surface area contributed by atoms with Gasteiger partial charge in [0.05, 0.1) is 38.9 Å². The van der Waals surface area contributed by atoms with Crippen molar-refractivity contribution in [3.63, 3.8) is 0 Å². The van der Waals surface area contributed by atoms with Gasteiger partial charge in [-0.15, -0.1) is 0 Å². The standard InChI is InChI=1S/C59H39N3/c1-2-61-53-32-17-31-52-56(53)62(57(60-52)37-18-4-3-5-19-37)54-33-16-23-39(55(54)61)38-34-35-43-42-22-8-11-26-46(42)59(51(43)36-38)49-29-14-12-27-47(49)58(48-28-13-15-30-50(48)59)44-24-9-6-20-40(44)41-21-7-10-25-45(41)58/h3-36H,2H2,1H3. The molecule has 0 fully saturated rings. The molecule has 3 heteroatoms. The molecule has 62 heavy (non-hydrogen) atoms.